The van der Waals surface area contributed by atoms with Crippen LogP contribution in [0.4, 0.5) is 0 Å². The molecule has 0 saturated heterocycles. The van der Waals surface area contributed by atoms with Crippen LogP contribution in [0.3, 0.4) is 0 Å². The van der Waals surface area contributed by atoms with Gasteiger partial charge >= 0.3 is 0 Å². The highest BCUT2D eigenvalue weighted by molar-refractivity contribution is 7.99. The number of H-pyrrole nitrogens is 1. The number of thioether (sulfide) groups is 1. The number of hydrogen-bond donors (Lipinski definition) is 2. The van der Waals surface area contributed by atoms with Crippen LogP contribution in [-0.4, -0.2) is 42.9 Å². The molecule has 1 amide bonds. The molecule has 0 aliphatic rings. The summed E-state index contributed by atoms with van der Waals surface area (Å²) in [6.07, 6.45) is 2.81. The Bertz CT molecular complexity index is 622. The number of rotatable bonds is 5. The summed E-state index contributed by atoms with van der Waals surface area (Å²) in [6.45, 7) is 0.449. The average Bonchev–Trinajstić information content (AvgIpc) is 2.80. The number of aryl methyl sites for hydroxylation is 1. The minimum atomic E-state index is -0.371. The van der Waals surface area contributed by atoms with Gasteiger partial charge in [-0.05, 0) is 0 Å². The lowest BCUT2D eigenvalue weighted by Crippen LogP contribution is -2.28. The fourth-order valence-corrected chi connectivity index (χ4v) is 2.04. The molecule has 0 fully saturated rings. The summed E-state index contributed by atoms with van der Waals surface area (Å²) < 4.78 is 1.80. The quantitative estimate of drug-likeness (QED) is 0.561. The number of carbonyl (C=O) groups excluding carboxylic acids is 1. The molecule has 9 heteroatoms. The first kappa shape index (κ1) is 13.3. The summed E-state index contributed by atoms with van der Waals surface area (Å²) in [5.41, 5.74) is -0.249. The maximum Gasteiger partial charge on any atom is 0.270 e. The van der Waals surface area contributed by atoms with E-state index in [9.17, 15) is 9.59 Å². The minimum Gasteiger partial charge on any atom is -0.350 e. The maximum atomic E-state index is 11.7. The molecule has 100 valence electrons. The van der Waals surface area contributed by atoms with E-state index in [2.05, 4.69) is 25.5 Å². The first-order chi connectivity index (χ1) is 9.16. The smallest absolute Gasteiger partial charge is 0.270 e. The van der Waals surface area contributed by atoms with Crippen LogP contribution in [0.5, 0.6) is 0 Å². The lowest BCUT2D eigenvalue weighted by Gasteiger charge is -2.03. The van der Waals surface area contributed by atoms with Gasteiger partial charge in [0.1, 0.15) is 12.0 Å². The van der Waals surface area contributed by atoms with Crippen LogP contribution < -0.4 is 10.9 Å². The molecule has 2 heterocycles. The number of nitrogens with zero attached hydrogens (tertiary/aromatic N) is 4. The largest absolute Gasteiger partial charge is 0.350 e. The number of hydrogen-bond acceptors (Lipinski definition) is 6. The molecule has 0 aliphatic carbocycles. The van der Waals surface area contributed by atoms with Crippen LogP contribution in [0.2, 0.25) is 0 Å². The van der Waals surface area contributed by atoms with E-state index < -0.39 is 0 Å². The second-order valence-corrected chi connectivity index (χ2v) is 4.69. The van der Waals surface area contributed by atoms with Crippen LogP contribution >= 0.6 is 11.8 Å². The van der Waals surface area contributed by atoms with Gasteiger partial charge < -0.3 is 14.9 Å². The highest BCUT2D eigenvalue weighted by atomic mass is 32.2. The van der Waals surface area contributed by atoms with Crippen molar-refractivity contribution in [3.05, 3.63) is 34.8 Å². The molecule has 8 nitrogen and oxygen atoms in total. The first-order valence-electron chi connectivity index (χ1n) is 5.46. The Morgan fingerprint density at radius 3 is 3.11 bits per heavy atom. The van der Waals surface area contributed by atoms with Gasteiger partial charge in [-0.25, -0.2) is 4.98 Å². The molecule has 0 unspecified atom stereocenters. The monoisotopic (exact) mass is 280 g/mol. The van der Waals surface area contributed by atoms with Crippen molar-refractivity contribution in [1.82, 2.24) is 30.0 Å². The number of nitrogens with one attached hydrogen (secondary N) is 2. The highest BCUT2D eigenvalue weighted by Crippen LogP contribution is 2.11. The molecule has 0 aliphatic heterocycles. The van der Waals surface area contributed by atoms with E-state index >= 15 is 0 Å². The fourth-order valence-electron chi connectivity index (χ4n) is 1.29. The van der Waals surface area contributed by atoms with Crippen molar-refractivity contribution in [2.75, 3.05) is 12.3 Å². The molecular formula is C10H12N6O2S. The van der Waals surface area contributed by atoms with E-state index in [4.69, 9.17) is 0 Å². The van der Waals surface area contributed by atoms with Gasteiger partial charge in [-0.1, -0.05) is 11.8 Å². The Kier molecular flexibility index (Phi) is 4.29. The third kappa shape index (κ3) is 3.65. The molecular weight excluding hydrogens is 268 g/mol. The predicted octanol–water partition coefficient (Wildman–Crippen LogP) is -0.580. The van der Waals surface area contributed by atoms with Gasteiger partial charge in [0.05, 0.1) is 6.33 Å². The summed E-state index contributed by atoms with van der Waals surface area (Å²) in [4.78, 5) is 28.8. The number of carbonyl (C=O) groups is 1. The summed E-state index contributed by atoms with van der Waals surface area (Å²) in [7, 11) is 1.85. The van der Waals surface area contributed by atoms with Gasteiger partial charge in [-0.2, -0.15) is 0 Å². The second kappa shape index (κ2) is 6.14. The SMILES string of the molecule is Cn1cnnc1SCCNC(=O)c1cc(=O)[nH]cn1. The zero-order chi connectivity index (χ0) is 13.7. The molecule has 19 heavy (non-hydrogen) atoms. The van der Waals surface area contributed by atoms with Crippen molar-refractivity contribution < 1.29 is 4.79 Å². The minimum absolute atomic E-state index is 0.104. The maximum absolute atomic E-state index is 11.7. The van der Waals surface area contributed by atoms with Crippen LogP contribution in [0.1, 0.15) is 10.5 Å². The third-order valence-corrected chi connectivity index (χ3v) is 3.24. The highest BCUT2D eigenvalue weighted by Gasteiger charge is 2.07. The molecule has 2 aromatic rings. The van der Waals surface area contributed by atoms with Gasteiger partial charge in [0.25, 0.3) is 11.5 Å². The molecule has 0 aromatic carbocycles. The van der Waals surface area contributed by atoms with Gasteiger partial charge in [0.2, 0.25) is 0 Å². The standard InChI is InChI=1S/C10H12N6O2S/c1-16-6-14-15-10(16)19-3-2-11-9(18)7-4-8(17)13-5-12-7/h4-6H,2-3H2,1H3,(H,11,18)(H,12,13,17). The van der Waals surface area contributed by atoms with Crippen LogP contribution in [0.15, 0.2) is 28.7 Å². The fraction of sp³-hybridized carbons (Fsp3) is 0.300. The molecule has 0 radical (unpaired) electrons. The van der Waals surface area contributed by atoms with Gasteiger partial charge in [-0.15, -0.1) is 10.2 Å². The van der Waals surface area contributed by atoms with E-state index in [0.717, 1.165) is 11.2 Å². The number of aromatic nitrogens is 5. The van der Waals surface area contributed by atoms with Crippen molar-refractivity contribution >= 4 is 17.7 Å². The predicted molar refractivity (Wildman–Crippen MR) is 68.9 cm³/mol. The van der Waals surface area contributed by atoms with Gasteiger partial charge in [0.15, 0.2) is 5.16 Å². The normalized spacial score (nSPS) is 10.4. The third-order valence-electron chi connectivity index (χ3n) is 2.20. The van der Waals surface area contributed by atoms with E-state index in [0.29, 0.717) is 12.3 Å². The summed E-state index contributed by atoms with van der Waals surface area (Å²) in [5, 5.41) is 11.1. The van der Waals surface area contributed by atoms with Crippen molar-refractivity contribution in [2.45, 2.75) is 5.16 Å². The molecule has 2 N–H and O–H groups in total. The lowest BCUT2D eigenvalue weighted by molar-refractivity contribution is 0.0951. The lowest BCUT2D eigenvalue weighted by atomic mass is 10.4. The number of aromatic amines is 1. The molecule has 2 rings (SSSR count). The van der Waals surface area contributed by atoms with Crippen molar-refractivity contribution in [1.29, 1.82) is 0 Å². The van der Waals surface area contributed by atoms with Crippen LogP contribution in [0, 0.1) is 0 Å². The topological polar surface area (TPSA) is 106 Å². The molecule has 0 spiro atoms. The molecule has 0 saturated carbocycles. The van der Waals surface area contributed by atoms with E-state index in [1.165, 1.54) is 18.1 Å². The van der Waals surface area contributed by atoms with E-state index in [-0.39, 0.29) is 17.2 Å². The number of amides is 1. The van der Waals surface area contributed by atoms with Crippen molar-refractivity contribution in [3.8, 4) is 0 Å². The summed E-state index contributed by atoms with van der Waals surface area (Å²) in [6, 6.07) is 1.16. The van der Waals surface area contributed by atoms with E-state index in [1.54, 1.807) is 10.9 Å². The Balaban J connectivity index is 1.78. The van der Waals surface area contributed by atoms with Crippen LogP contribution in [-0.2, 0) is 7.05 Å². The Hall–Kier alpha value is -2.16. The van der Waals surface area contributed by atoms with Crippen molar-refractivity contribution in [2.24, 2.45) is 7.05 Å². The zero-order valence-electron chi connectivity index (χ0n) is 10.2. The summed E-state index contributed by atoms with van der Waals surface area (Å²) in [5.74, 6) is 0.284. The Morgan fingerprint density at radius 2 is 2.42 bits per heavy atom. The summed E-state index contributed by atoms with van der Waals surface area (Å²) >= 11 is 1.48. The van der Waals surface area contributed by atoms with E-state index in [1.807, 2.05) is 7.05 Å². The first-order valence-corrected chi connectivity index (χ1v) is 6.45. The van der Waals surface area contributed by atoms with Gasteiger partial charge in [-0.3, -0.25) is 9.59 Å². The molecule has 2 aromatic heterocycles. The van der Waals surface area contributed by atoms with Gasteiger partial charge in [0, 0.05) is 25.4 Å². The van der Waals surface area contributed by atoms with Crippen LogP contribution in [0.25, 0.3) is 0 Å². The Morgan fingerprint density at radius 1 is 1.58 bits per heavy atom. The zero-order valence-corrected chi connectivity index (χ0v) is 11.0. The second-order valence-electron chi connectivity index (χ2n) is 3.63. The molecule has 0 bridgehead atoms. The van der Waals surface area contributed by atoms with Crippen molar-refractivity contribution in [3.63, 3.8) is 0 Å². The average molecular weight is 280 g/mol. The molecule has 0 atom stereocenters. The Labute approximate surface area is 112 Å².